The van der Waals surface area contributed by atoms with Gasteiger partial charge in [0.1, 0.15) is 0 Å². The van der Waals surface area contributed by atoms with Crippen LogP contribution in [0.3, 0.4) is 0 Å². The van der Waals surface area contributed by atoms with Crippen molar-refractivity contribution >= 4 is 34.9 Å². The van der Waals surface area contributed by atoms with Crippen molar-refractivity contribution in [3.8, 4) is 0 Å². The summed E-state index contributed by atoms with van der Waals surface area (Å²) in [5.41, 5.74) is 0. The average molecular weight is 378 g/mol. The molecule has 0 spiro atoms. The second kappa shape index (κ2) is 6.64. The van der Waals surface area contributed by atoms with Crippen LogP contribution in [0, 0.1) is 0 Å². The molecule has 1 aliphatic rings. The van der Waals surface area contributed by atoms with E-state index in [0.717, 1.165) is 0 Å². The molecule has 0 saturated carbocycles. The Morgan fingerprint density at radius 2 is 0.815 bits per heavy atom. The summed E-state index contributed by atoms with van der Waals surface area (Å²) >= 11 is 0. The summed E-state index contributed by atoms with van der Waals surface area (Å²) in [6.07, 6.45) is 0.00642. The fourth-order valence-electron chi connectivity index (χ4n) is 3.56. The Labute approximate surface area is 157 Å². The molecule has 1 saturated heterocycles. The van der Waals surface area contributed by atoms with Gasteiger partial charge in [0.05, 0.1) is 0 Å². The SMILES string of the molecule is O=C1CCC(=O)OP(c2ccccc2)(c2ccccc2)(c2ccccc2)O1. The van der Waals surface area contributed by atoms with Crippen LogP contribution in [0.5, 0.6) is 0 Å². The maximum atomic E-state index is 12.7. The molecule has 1 fully saturated rings. The van der Waals surface area contributed by atoms with E-state index in [2.05, 4.69) is 0 Å². The normalized spacial score (nSPS) is 19.6. The second-order valence-electron chi connectivity index (χ2n) is 6.39. The monoisotopic (exact) mass is 378 g/mol. The zero-order valence-electron chi connectivity index (χ0n) is 14.7. The van der Waals surface area contributed by atoms with Crippen molar-refractivity contribution < 1.29 is 18.6 Å². The fraction of sp³-hybridized carbons (Fsp3) is 0.0909. The van der Waals surface area contributed by atoms with Gasteiger partial charge in [-0.15, -0.1) is 0 Å². The van der Waals surface area contributed by atoms with E-state index in [0.29, 0.717) is 15.9 Å². The molecule has 0 aromatic heterocycles. The van der Waals surface area contributed by atoms with Crippen molar-refractivity contribution in [3.63, 3.8) is 0 Å². The summed E-state index contributed by atoms with van der Waals surface area (Å²) in [5.74, 6) is -0.870. The van der Waals surface area contributed by atoms with Crippen LogP contribution >= 0.6 is 7.06 Å². The van der Waals surface area contributed by atoms with Crippen molar-refractivity contribution in [1.29, 1.82) is 0 Å². The van der Waals surface area contributed by atoms with E-state index in [1.807, 2.05) is 91.0 Å². The van der Waals surface area contributed by atoms with Crippen molar-refractivity contribution in [3.05, 3.63) is 91.0 Å². The molecule has 3 aromatic rings. The summed E-state index contributed by atoms with van der Waals surface area (Å²) in [6, 6.07) is 28.0. The molecule has 1 heterocycles. The molecule has 5 heteroatoms. The molecule has 0 N–H and O–H groups in total. The molecule has 0 amide bonds. The van der Waals surface area contributed by atoms with E-state index >= 15 is 0 Å². The third kappa shape index (κ3) is 2.65. The van der Waals surface area contributed by atoms with E-state index < -0.39 is 19.0 Å². The van der Waals surface area contributed by atoms with Crippen molar-refractivity contribution in [2.45, 2.75) is 12.8 Å². The Balaban J connectivity index is 2.19. The van der Waals surface area contributed by atoms with Crippen LogP contribution in [0.1, 0.15) is 12.8 Å². The van der Waals surface area contributed by atoms with Crippen LogP contribution in [-0.4, -0.2) is 11.9 Å². The molecule has 27 heavy (non-hydrogen) atoms. The first-order valence-electron chi connectivity index (χ1n) is 8.79. The zero-order chi connectivity index (χ0) is 18.8. The third-order valence-corrected chi connectivity index (χ3v) is 9.57. The molecule has 0 aliphatic carbocycles. The van der Waals surface area contributed by atoms with Gasteiger partial charge in [0.2, 0.25) is 0 Å². The quantitative estimate of drug-likeness (QED) is 0.657. The van der Waals surface area contributed by atoms with Gasteiger partial charge < -0.3 is 0 Å². The molecule has 4 rings (SSSR count). The number of carbonyl (C=O) groups excluding carboxylic acids is 2. The Hall–Kier alpha value is -2.97. The number of hydrogen-bond donors (Lipinski definition) is 0. The predicted molar refractivity (Wildman–Crippen MR) is 107 cm³/mol. The number of carbonyl (C=O) groups is 2. The molecule has 0 bridgehead atoms. The van der Waals surface area contributed by atoms with Gasteiger partial charge in [0.15, 0.2) is 0 Å². The minimum atomic E-state index is -4.25. The number of hydrogen-bond acceptors (Lipinski definition) is 4. The number of benzene rings is 3. The van der Waals surface area contributed by atoms with E-state index in [1.165, 1.54) is 0 Å². The first-order valence-corrected chi connectivity index (χ1v) is 10.9. The summed E-state index contributed by atoms with van der Waals surface area (Å²) in [4.78, 5) is 25.5. The Kier molecular flexibility index (Phi) is 4.29. The first kappa shape index (κ1) is 17.4. The van der Waals surface area contributed by atoms with Crippen molar-refractivity contribution in [2.75, 3.05) is 0 Å². The minimum absolute atomic E-state index is 0.00321. The standard InChI is InChI=1S/C22H19O4P/c23-21-16-17-22(24)26-27(25-21,18-10-4-1-5-11-18,19-12-6-2-7-13-19)20-14-8-3-9-15-20/h1-15H,16-17H2. The summed E-state index contributed by atoms with van der Waals surface area (Å²) in [5, 5.41) is 2.05. The van der Waals surface area contributed by atoms with Crippen LogP contribution in [0.2, 0.25) is 0 Å². The topological polar surface area (TPSA) is 52.6 Å². The van der Waals surface area contributed by atoms with Gasteiger partial charge in [-0.3, -0.25) is 0 Å². The predicted octanol–water partition coefficient (Wildman–Crippen LogP) is 3.23. The molecule has 136 valence electrons. The Morgan fingerprint density at radius 3 is 1.11 bits per heavy atom. The summed E-state index contributed by atoms with van der Waals surface area (Å²) < 4.78 is 12.5. The van der Waals surface area contributed by atoms with Crippen LogP contribution in [0.25, 0.3) is 0 Å². The van der Waals surface area contributed by atoms with Crippen molar-refractivity contribution in [2.24, 2.45) is 0 Å². The van der Waals surface area contributed by atoms with E-state index in [9.17, 15) is 9.59 Å². The van der Waals surface area contributed by atoms with Gasteiger partial charge in [0.25, 0.3) is 0 Å². The average Bonchev–Trinajstić information content (AvgIpc) is 2.88. The first-order chi connectivity index (χ1) is 13.1. The van der Waals surface area contributed by atoms with E-state index in [4.69, 9.17) is 9.05 Å². The summed E-state index contributed by atoms with van der Waals surface area (Å²) in [6.45, 7) is 0. The molecule has 0 atom stereocenters. The Morgan fingerprint density at radius 1 is 0.519 bits per heavy atom. The zero-order valence-corrected chi connectivity index (χ0v) is 15.5. The third-order valence-electron chi connectivity index (χ3n) is 4.76. The molecule has 1 aliphatic heterocycles. The van der Waals surface area contributed by atoms with Gasteiger partial charge in [-0.2, -0.15) is 0 Å². The van der Waals surface area contributed by atoms with Gasteiger partial charge in [0, 0.05) is 0 Å². The van der Waals surface area contributed by atoms with Gasteiger partial charge in [-0.05, 0) is 0 Å². The van der Waals surface area contributed by atoms with Crippen LogP contribution in [0.4, 0.5) is 0 Å². The molecule has 3 aromatic carbocycles. The number of rotatable bonds is 3. The second-order valence-corrected chi connectivity index (χ2v) is 10.2. The Bertz CT molecular complexity index is 850. The molecule has 0 unspecified atom stereocenters. The van der Waals surface area contributed by atoms with Crippen LogP contribution < -0.4 is 15.9 Å². The van der Waals surface area contributed by atoms with Gasteiger partial charge >= 0.3 is 157 Å². The molecular formula is C22H19O4P. The van der Waals surface area contributed by atoms with Crippen molar-refractivity contribution in [1.82, 2.24) is 0 Å². The van der Waals surface area contributed by atoms with Crippen LogP contribution in [0.15, 0.2) is 91.0 Å². The summed E-state index contributed by atoms with van der Waals surface area (Å²) in [7, 11) is -4.25. The maximum absolute atomic E-state index is 12.7. The van der Waals surface area contributed by atoms with Gasteiger partial charge in [-0.1, -0.05) is 0 Å². The van der Waals surface area contributed by atoms with Gasteiger partial charge in [-0.25, -0.2) is 0 Å². The fourth-order valence-corrected chi connectivity index (χ4v) is 8.23. The molecular weight excluding hydrogens is 359 g/mol. The molecule has 4 nitrogen and oxygen atoms in total. The van der Waals surface area contributed by atoms with E-state index in [1.54, 1.807) is 0 Å². The molecule has 0 radical (unpaired) electrons. The van der Waals surface area contributed by atoms with E-state index in [-0.39, 0.29) is 12.8 Å². The van der Waals surface area contributed by atoms with Crippen LogP contribution in [-0.2, 0) is 18.6 Å².